The molecule has 0 aromatic heterocycles. The van der Waals surface area contributed by atoms with Crippen LogP contribution >= 0.6 is 0 Å². The molecule has 3 fully saturated rings. The Hall–Kier alpha value is -5.27. The number of likely N-dealkylation sites (tertiary alicyclic amines) is 1. The number of nitrogen functional groups attached to an aromatic ring is 1. The third-order valence-electron chi connectivity index (χ3n) is 10.9. The first-order valence-electron chi connectivity index (χ1n) is 19.2. The lowest BCUT2D eigenvalue weighted by Crippen LogP contribution is -2.57. The summed E-state index contributed by atoms with van der Waals surface area (Å²) in [5.41, 5.74) is 10.9. The number of para-hydroxylation sites is 3. The molecule has 0 saturated carbocycles. The molecule has 4 aromatic carbocycles. The maximum atomic E-state index is 13.2. The number of ether oxygens (including phenoxy) is 2. The highest BCUT2D eigenvalue weighted by atomic mass is 16.7. The van der Waals surface area contributed by atoms with Crippen molar-refractivity contribution in [1.29, 1.82) is 0 Å². The number of nitrogens with two attached hydrogens (primary N) is 1. The van der Waals surface area contributed by atoms with Gasteiger partial charge in [0.25, 0.3) is 0 Å². The maximum absolute atomic E-state index is 13.2. The average molecular weight is 747 g/mol. The van der Waals surface area contributed by atoms with Gasteiger partial charge in [0.15, 0.2) is 6.29 Å². The van der Waals surface area contributed by atoms with Gasteiger partial charge in [-0.05, 0) is 73.2 Å². The van der Waals surface area contributed by atoms with E-state index >= 15 is 0 Å². The molecule has 3 atom stereocenters. The van der Waals surface area contributed by atoms with E-state index in [9.17, 15) is 19.5 Å². The quantitative estimate of drug-likeness (QED) is 0.0834. The zero-order chi connectivity index (χ0) is 38.2. The lowest BCUT2D eigenvalue weighted by Gasteiger charge is -2.45. The van der Waals surface area contributed by atoms with Crippen molar-refractivity contribution < 1.29 is 29.0 Å². The van der Waals surface area contributed by atoms with Crippen LogP contribution in [0.5, 0.6) is 0 Å². The number of hydrogen-bond donors (Lipinski definition) is 5. The molecule has 0 bridgehead atoms. The van der Waals surface area contributed by atoms with Crippen LogP contribution in [0.25, 0.3) is 0 Å². The minimum atomic E-state index is -0.631. The maximum Gasteiger partial charge on any atom is 0.247 e. The molecular formula is C43H50N6O6. The van der Waals surface area contributed by atoms with E-state index in [0.29, 0.717) is 62.4 Å². The van der Waals surface area contributed by atoms with E-state index in [4.69, 9.17) is 15.2 Å². The molecule has 12 heteroatoms. The summed E-state index contributed by atoms with van der Waals surface area (Å²) >= 11 is 0. The predicted molar refractivity (Wildman–Crippen MR) is 212 cm³/mol. The molecular weight excluding hydrogens is 697 g/mol. The van der Waals surface area contributed by atoms with Gasteiger partial charge < -0.3 is 46.1 Å². The highest BCUT2D eigenvalue weighted by Crippen LogP contribution is 2.40. The molecule has 3 heterocycles. The van der Waals surface area contributed by atoms with E-state index in [1.54, 1.807) is 12.1 Å². The number of benzene rings is 4. The van der Waals surface area contributed by atoms with Gasteiger partial charge in [-0.2, -0.15) is 0 Å². The minimum absolute atomic E-state index is 0.0267. The Balaban J connectivity index is 0.944. The molecule has 55 heavy (non-hydrogen) atoms. The van der Waals surface area contributed by atoms with Gasteiger partial charge in [-0.15, -0.1) is 0 Å². The number of anilines is 4. The van der Waals surface area contributed by atoms with Crippen LogP contribution in [0.15, 0.2) is 103 Å². The standard InChI is InChI=1S/C43H50N6O6/c44-36-10-4-5-11-37(36)47-40(52)13-7-6-12-39(51)46-33-20-18-32(19-21-33)41-54-35(26-38(55-41)31-16-14-30(28-50)15-17-31)27-48-24-22-43(23-25-48)42(53)45-29-49(43)34-8-2-1-3-9-34/h1-5,8-11,14-21,35,38,41,50H,6-7,12-13,22-29,44H2,(H,45,53)(H,46,51)(H,47,52)/t35-,38+,41+/m1/s1. The van der Waals surface area contributed by atoms with Gasteiger partial charge in [-0.3, -0.25) is 14.4 Å². The van der Waals surface area contributed by atoms with E-state index in [0.717, 1.165) is 48.3 Å². The van der Waals surface area contributed by atoms with Gasteiger partial charge >= 0.3 is 0 Å². The lowest BCUT2D eigenvalue weighted by molar-refractivity contribution is -0.253. The van der Waals surface area contributed by atoms with Crippen molar-refractivity contribution in [2.24, 2.45) is 0 Å². The Bertz CT molecular complexity index is 1920. The van der Waals surface area contributed by atoms with Crippen LogP contribution in [-0.2, 0) is 30.5 Å². The van der Waals surface area contributed by atoms with Crippen LogP contribution in [-0.4, -0.2) is 65.7 Å². The molecule has 288 valence electrons. The van der Waals surface area contributed by atoms with Gasteiger partial charge in [0.1, 0.15) is 5.54 Å². The van der Waals surface area contributed by atoms with E-state index in [-0.39, 0.29) is 36.5 Å². The molecule has 7 rings (SSSR count). The number of rotatable bonds is 13. The Morgan fingerprint density at radius 3 is 2.16 bits per heavy atom. The smallest absolute Gasteiger partial charge is 0.247 e. The number of carbonyl (C=O) groups is 3. The fourth-order valence-electron chi connectivity index (χ4n) is 7.80. The largest absolute Gasteiger partial charge is 0.397 e. The van der Waals surface area contributed by atoms with Crippen LogP contribution in [0.1, 0.15) is 74.0 Å². The summed E-state index contributed by atoms with van der Waals surface area (Å²) in [7, 11) is 0. The molecule has 6 N–H and O–H groups in total. The van der Waals surface area contributed by atoms with Crippen LogP contribution in [0, 0.1) is 0 Å². The number of carbonyl (C=O) groups excluding carboxylic acids is 3. The topological polar surface area (TPSA) is 158 Å². The third-order valence-corrected chi connectivity index (χ3v) is 10.9. The van der Waals surface area contributed by atoms with Crippen molar-refractivity contribution in [1.82, 2.24) is 10.2 Å². The predicted octanol–water partition coefficient (Wildman–Crippen LogP) is 5.87. The van der Waals surface area contributed by atoms with Gasteiger partial charge in [0.2, 0.25) is 17.7 Å². The molecule has 3 aliphatic heterocycles. The summed E-state index contributed by atoms with van der Waals surface area (Å²) < 4.78 is 13.2. The third kappa shape index (κ3) is 9.17. The summed E-state index contributed by atoms with van der Waals surface area (Å²) in [6, 6.07) is 32.6. The van der Waals surface area contributed by atoms with Gasteiger partial charge in [0.05, 0.1) is 36.9 Å². The number of amides is 3. The number of unbranched alkanes of at least 4 members (excludes halogenated alkanes) is 1. The summed E-state index contributed by atoms with van der Waals surface area (Å²) in [5.74, 6) is -0.160. The van der Waals surface area contributed by atoms with E-state index in [2.05, 4.69) is 37.9 Å². The molecule has 3 saturated heterocycles. The first-order chi connectivity index (χ1) is 26.8. The van der Waals surface area contributed by atoms with Crippen LogP contribution in [0.4, 0.5) is 22.7 Å². The summed E-state index contributed by atoms with van der Waals surface area (Å²) in [4.78, 5) is 42.9. The highest BCUT2D eigenvalue weighted by molar-refractivity contribution is 5.94. The minimum Gasteiger partial charge on any atom is -0.397 e. The Labute approximate surface area is 322 Å². The van der Waals surface area contributed by atoms with Crippen molar-refractivity contribution in [3.8, 4) is 0 Å². The summed E-state index contributed by atoms with van der Waals surface area (Å²) in [6.45, 7) is 2.72. The molecule has 0 radical (unpaired) electrons. The fourth-order valence-corrected chi connectivity index (χ4v) is 7.80. The molecule has 4 aromatic rings. The molecule has 12 nitrogen and oxygen atoms in total. The SMILES string of the molecule is Nc1ccccc1NC(=O)CCCCC(=O)Nc1ccc([C@H]2O[C@@H](CN3CCC4(CC3)C(=O)NCN4c3ccccc3)C[C@@H](c3ccc(CO)cc3)O2)cc1. The van der Waals surface area contributed by atoms with Crippen molar-refractivity contribution >= 4 is 40.5 Å². The van der Waals surface area contributed by atoms with Gasteiger partial charge in [-0.1, -0.05) is 66.7 Å². The highest BCUT2D eigenvalue weighted by Gasteiger charge is 2.50. The van der Waals surface area contributed by atoms with Crippen LogP contribution in [0.2, 0.25) is 0 Å². The molecule has 3 aliphatic rings. The zero-order valence-electron chi connectivity index (χ0n) is 31.0. The van der Waals surface area contributed by atoms with Gasteiger partial charge in [-0.25, -0.2) is 0 Å². The van der Waals surface area contributed by atoms with Crippen molar-refractivity contribution in [2.45, 2.75) is 75.6 Å². The zero-order valence-corrected chi connectivity index (χ0v) is 31.0. The number of nitrogens with zero attached hydrogens (tertiary/aromatic N) is 2. The van der Waals surface area contributed by atoms with Crippen molar-refractivity contribution in [3.63, 3.8) is 0 Å². The van der Waals surface area contributed by atoms with Crippen molar-refractivity contribution in [2.75, 3.05) is 47.6 Å². The average Bonchev–Trinajstić information content (AvgIpc) is 3.53. The molecule has 1 spiro atoms. The summed E-state index contributed by atoms with van der Waals surface area (Å²) in [6.07, 6.45) is 2.85. The Morgan fingerprint density at radius 2 is 1.47 bits per heavy atom. The first kappa shape index (κ1) is 38.0. The molecule has 3 amide bonds. The Morgan fingerprint density at radius 1 is 0.818 bits per heavy atom. The van der Waals surface area contributed by atoms with Crippen molar-refractivity contribution in [3.05, 3.63) is 120 Å². The van der Waals surface area contributed by atoms with Crippen LogP contribution in [0.3, 0.4) is 0 Å². The monoisotopic (exact) mass is 746 g/mol. The number of aliphatic hydroxyl groups excluding tert-OH is 1. The van der Waals surface area contributed by atoms with Gasteiger partial charge in [0, 0.05) is 55.8 Å². The number of piperidine rings is 1. The first-order valence-corrected chi connectivity index (χ1v) is 19.2. The second-order valence-electron chi connectivity index (χ2n) is 14.6. The van der Waals surface area contributed by atoms with E-state index < -0.39 is 11.8 Å². The van der Waals surface area contributed by atoms with E-state index in [1.807, 2.05) is 78.9 Å². The second-order valence-corrected chi connectivity index (χ2v) is 14.6. The molecule has 0 unspecified atom stereocenters. The Kier molecular flexibility index (Phi) is 12.1. The second kappa shape index (κ2) is 17.5. The molecule has 0 aliphatic carbocycles. The normalized spacial score (nSPS) is 20.9. The van der Waals surface area contributed by atoms with Crippen LogP contribution < -0.4 is 26.6 Å². The number of nitrogens with one attached hydrogen (secondary N) is 3. The number of aliphatic hydroxyl groups is 1. The lowest BCUT2D eigenvalue weighted by atomic mass is 9.85. The fraction of sp³-hybridized carbons (Fsp3) is 0.372. The van der Waals surface area contributed by atoms with E-state index in [1.165, 1.54) is 0 Å². The number of hydrogen-bond acceptors (Lipinski definition) is 9. The summed E-state index contributed by atoms with van der Waals surface area (Å²) in [5, 5.41) is 18.5.